The Balaban J connectivity index is 0.000000186. The zero-order valence-electron chi connectivity index (χ0n) is 32.2. The van der Waals surface area contributed by atoms with Crippen molar-refractivity contribution in [3.63, 3.8) is 0 Å². The number of furan rings is 1. The number of halogens is 1. The molecule has 0 saturated carbocycles. The summed E-state index contributed by atoms with van der Waals surface area (Å²) in [6.45, 7) is 8.91. The predicted molar refractivity (Wildman–Crippen MR) is 208 cm³/mol. The molecule has 0 aliphatic carbocycles. The quantitative estimate of drug-likeness (QED) is 0.118. The first-order valence-corrected chi connectivity index (χ1v) is 20.3. The number of pyridine rings is 3. The first-order chi connectivity index (χ1) is 25.8. The first-order valence-electron chi connectivity index (χ1n) is 18.3. The fourth-order valence-electron chi connectivity index (χ4n) is 5.97. The van der Waals surface area contributed by atoms with Gasteiger partial charge in [0.25, 0.3) is 0 Å². The van der Waals surface area contributed by atoms with Crippen molar-refractivity contribution in [1.82, 2.24) is 15.0 Å². The average molecular weight is 879 g/mol. The van der Waals surface area contributed by atoms with Gasteiger partial charge in [-0.25, -0.2) is 4.39 Å². The van der Waals surface area contributed by atoms with Crippen LogP contribution in [0.1, 0.15) is 39.2 Å². The van der Waals surface area contributed by atoms with Crippen LogP contribution in [-0.2, 0) is 26.5 Å². The van der Waals surface area contributed by atoms with E-state index in [4.69, 9.17) is 12.1 Å². The molecule has 0 aliphatic rings. The normalized spacial score (nSPS) is 13.5. The number of aromatic nitrogens is 3. The summed E-state index contributed by atoms with van der Waals surface area (Å²) in [5, 5.41) is 2.53. The molecule has 4 nitrogen and oxygen atoms in total. The number of hydrogen-bond donors (Lipinski definition) is 0. The van der Waals surface area contributed by atoms with E-state index in [-0.39, 0.29) is 25.9 Å². The molecular weight excluding hydrogens is 838 g/mol. The van der Waals surface area contributed by atoms with E-state index in [1.165, 1.54) is 17.3 Å². The molecule has 0 spiro atoms. The monoisotopic (exact) mass is 879 g/mol. The molecule has 4 aromatic heterocycles. The van der Waals surface area contributed by atoms with Crippen LogP contribution in [0, 0.1) is 18.1 Å². The molecule has 1 unspecified atom stereocenters. The minimum atomic E-state index is -1.68. The van der Waals surface area contributed by atoms with Crippen LogP contribution in [-0.4, -0.2) is 23.0 Å². The summed E-state index contributed by atoms with van der Waals surface area (Å²) in [6.07, 6.45) is 4.78. The summed E-state index contributed by atoms with van der Waals surface area (Å²) in [5.41, 5.74) is 6.96. The van der Waals surface area contributed by atoms with Crippen LogP contribution in [0.2, 0.25) is 19.6 Å². The minimum Gasteiger partial charge on any atom is -0.483 e. The van der Waals surface area contributed by atoms with Crippen LogP contribution in [0.4, 0.5) is 4.39 Å². The van der Waals surface area contributed by atoms with Crippen LogP contribution in [0.15, 0.2) is 144 Å². The van der Waals surface area contributed by atoms with E-state index in [0.29, 0.717) is 44.5 Å². The van der Waals surface area contributed by atoms with Gasteiger partial charge in [0, 0.05) is 47.9 Å². The van der Waals surface area contributed by atoms with Crippen LogP contribution in [0.5, 0.6) is 0 Å². The fourth-order valence-corrected chi connectivity index (χ4v) is 7.49. The molecule has 1 radical (unpaired) electrons. The van der Waals surface area contributed by atoms with Crippen LogP contribution < -0.4 is 5.19 Å². The van der Waals surface area contributed by atoms with Crippen LogP contribution in [0.25, 0.3) is 44.6 Å². The van der Waals surface area contributed by atoms with Crippen molar-refractivity contribution in [3.8, 4) is 22.5 Å². The maximum absolute atomic E-state index is 13.7. The van der Waals surface area contributed by atoms with Gasteiger partial charge in [-0.15, -0.1) is 47.5 Å². The number of rotatable bonds is 7. The summed E-state index contributed by atoms with van der Waals surface area (Å²) in [4.78, 5) is 13.3. The number of nitrogens with zero attached hydrogens (tertiary/aromatic N) is 3. The molecule has 1 atom stereocenters. The third kappa shape index (κ3) is 8.34. The second kappa shape index (κ2) is 16.1. The minimum absolute atomic E-state index is 0. The first kappa shape index (κ1) is 32.8. The SMILES string of the molecule is [2H]C(C)(c1ccccc1)c1cc(-c2[c-]cccc2)ncc1[Si](C)(C)C.[2H]C([2H])(c1ccccc1)c1ccnc(-c2[c-]nc3oc4ccc(F)cc4c3c2)c1.[Ir]. The maximum atomic E-state index is 13.7. The number of fused-ring (bicyclic) bond motifs is 3. The van der Waals surface area contributed by atoms with Crippen molar-refractivity contribution < 1.29 is 33.0 Å². The van der Waals surface area contributed by atoms with Crippen molar-refractivity contribution in [3.05, 3.63) is 180 Å². The van der Waals surface area contributed by atoms with E-state index in [1.807, 2.05) is 85.9 Å². The van der Waals surface area contributed by atoms with Crippen molar-refractivity contribution in [2.45, 2.75) is 38.8 Å². The Bertz CT molecular complexity index is 2560. The van der Waals surface area contributed by atoms with Gasteiger partial charge in [0.05, 0.1) is 8.07 Å². The van der Waals surface area contributed by atoms with E-state index in [2.05, 4.69) is 47.9 Å². The zero-order valence-corrected chi connectivity index (χ0v) is 32.6. The molecule has 7 heteroatoms. The second-order valence-electron chi connectivity index (χ2n) is 13.3. The van der Waals surface area contributed by atoms with Crippen molar-refractivity contribution in [1.29, 1.82) is 0 Å². The van der Waals surface area contributed by atoms with E-state index >= 15 is 0 Å². The van der Waals surface area contributed by atoms with E-state index in [9.17, 15) is 5.76 Å². The smallest absolute Gasteiger partial charge is 0.141 e. The van der Waals surface area contributed by atoms with E-state index in [0.717, 1.165) is 22.4 Å². The summed E-state index contributed by atoms with van der Waals surface area (Å²) >= 11 is 0. The van der Waals surface area contributed by atoms with Gasteiger partial charge in [-0.1, -0.05) is 99.4 Å². The molecule has 0 aliphatic heterocycles. The molecule has 52 heavy (non-hydrogen) atoms. The molecular formula is C45H38FIrN3OSi-2. The van der Waals surface area contributed by atoms with E-state index in [1.54, 1.807) is 42.6 Å². The van der Waals surface area contributed by atoms with Gasteiger partial charge in [0.1, 0.15) is 17.1 Å². The Morgan fingerprint density at radius 1 is 0.788 bits per heavy atom. The summed E-state index contributed by atoms with van der Waals surface area (Å²) in [5.74, 6) is -1.17. The largest absolute Gasteiger partial charge is 0.483 e. The summed E-state index contributed by atoms with van der Waals surface area (Å²) < 4.78 is 45.6. The van der Waals surface area contributed by atoms with Crippen molar-refractivity contribution in [2.24, 2.45) is 0 Å². The molecule has 8 aromatic rings. The van der Waals surface area contributed by atoms with Gasteiger partial charge in [0.15, 0.2) is 0 Å². The summed E-state index contributed by atoms with van der Waals surface area (Å²) in [6, 6.07) is 41.7. The van der Waals surface area contributed by atoms with Crippen molar-refractivity contribution in [2.75, 3.05) is 0 Å². The van der Waals surface area contributed by atoms with Gasteiger partial charge < -0.3 is 19.4 Å². The maximum Gasteiger partial charge on any atom is 0.141 e. The van der Waals surface area contributed by atoms with Crippen molar-refractivity contribution >= 4 is 35.3 Å². The molecule has 0 fully saturated rings. The number of benzene rings is 4. The molecule has 0 N–H and O–H groups in total. The second-order valence-corrected chi connectivity index (χ2v) is 18.3. The van der Waals surface area contributed by atoms with Crippen LogP contribution >= 0.6 is 0 Å². The Labute approximate surface area is 323 Å². The Morgan fingerprint density at radius 2 is 1.52 bits per heavy atom. The predicted octanol–water partition coefficient (Wildman–Crippen LogP) is 10.8. The Kier molecular flexibility index (Phi) is 10.1. The Morgan fingerprint density at radius 3 is 2.25 bits per heavy atom. The standard InChI is InChI=1S/C23H14FN2O.C22H24NSi.Ir/c24-18-6-7-22-19(13-18)20-12-17(14-26-23(20)27-22)21-11-16(8-9-25-21)10-15-4-2-1-3-5-15;1-17(18-11-7-5-8-12-18)20-15-21(19-13-9-6-10-14-19)23-16-22(20)24(2,3)4;/h1-9,11-13H,10H2;5-13,15-17H,1-4H3;/q2*-1;/i10D2;17D;. The van der Waals surface area contributed by atoms with Gasteiger partial charge in [-0.3, -0.25) is 0 Å². The molecule has 0 saturated heterocycles. The molecule has 4 aromatic carbocycles. The van der Waals surface area contributed by atoms with Crippen LogP contribution in [0.3, 0.4) is 0 Å². The number of hydrogen-bond acceptors (Lipinski definition) is 4. The third-order valence-electron chi connectivity index (χ3n) is 8.64. The molecule has 0 bridgehead atoms. The Hall–Kier alpha value is -5.07. The fraction of sp³-hybridized carbons (Fsp3) is 0.133. The zero-order chi connectivity index (χ0) is 38.1. The average Bonchev–Trinajstić information content (AvgIpc) is 3.55. The summed E-state index contributed by atoms with van der Waals surface area (Å²) in [7, 11) is -1.64. The van der Waals surface area contributed by atoms with Gasteiger partial charge in [-0.05, 0) is 81.0 Å². The third-order valence-corrected chi connectivity index (χ3v) is 10.7. The van der Waals surface area contributed by atoms with Gasteiger partial charge >= 0.3 is 0 Å². The molecule has 0 amide bonds. The topological polar surface area (TPSA) is 51.8 Å². The van der Waals surface area contributed by atoms with Gasteiger partial charge in [-0.2, -0.15) is 0 Å². The van der Waals surface area contributed by atoms with E-state index < -0.39 is 20.3 Å². The molecule has 261 valence electrons. The molecule has 8 rings (SSSR count). The molecule has 4 heterocycles. The van der Waals surface area contributed by atoms with Gasteiger partial charge in [0.2, 0.25) is 0 Å².